The second kappa shape index (κ2) is 11.4. The highest BCUT2D eigenvalue weighted by molar-refractivity contribution is 7.22. The summed E-state index contributed by atoms with van der Waals surface area (Å²) >= 11 is 1.39. The van der Waals surface area contributed by atoms with Crippen LogP contribution in [0.1, 0.15) is 0 Å². The number of benzene rings is 3. The number of carbonyl (C=O) groups is 1. The molecule has 1 fully saturated rings. The number of nitrogens with one attached hydrogen (secondary N) is 2. The van der Waals surface area contributed by atoms with Gasteiger partial charge in [0.15, 0.2) is 5.13 Å². The number of ether oxygens (including phenoxy) is 2. The summed E-state index contributed by atoms with van der Waals surface area (Å²) in [6.45, 7) is 4.58. The third-order valence-corrected chi connectivity index (χ3v) is 7.83. The number of nitrogens with zero attached hydrogens (tertiary/aromatic N) is 4. The van der Waals surface area contributed by atoms with Gasteiger partial charge in [0.1, 0.15) is 5.75 Å². The van der Waals surface area contributed by atoms with Crippen molar-refractivity contribution in [2.45, 2.75) is 6.54 Å². The van der Waals surface area contributed by atoms with E-state index in [0.717, 1.165) is 54.2 Å². The SMILES string of the molecule is COc1ccc(NC(=O)Nc2nc3cc(-c4ccc5ncn(CCN6CCOCC6)c(=O)c5c4)ccc3s2)cc1. The number of hydrogen-bond acceptors (Lipinski definition) is 8. The van der Waals surface area contributed by atoms with Gasteiger partial charge in [-0.05, 0) is 59.7 Å². The maximum atomic E-state index is 13.3. The van der Waals surface area contributed by atoms with E-state index in [2.05, 4.69) is 25.5 Å². The Morgan fingerprint density at radius 2 is 1.75 bits per heavy atom. The second-order valence-electron chi connectivity index (χ2n) is 9.44. The first-order chi connectivity index (χ1) is 19.6. The minimum absolute atomic E-state index is 0.0517. The fourth-order valence-electron chi connectivity index (χ4n) is 4.67. The number of urea groups is 1. The van der Waals surface area contributed by atoms with E-state index in [0.29, 0.717) is 34.0 Å². The highest BCUT2D eigenvalue weighted by Gasteiger charge is 2.13. The normalized spacial score (nSPS) is 13.9. The molecule has 2 N–H and O–H groups in total. The molecule has 3 aromatic carbocycles. The van der Waals surface area contributed by atoms with Gasteiger partial charge >= 0.3 is 6.03 Å². The number of hydrogen-bond donors (Lipinski definition) is 2. The van der Waals surface area contributed by atoms with Crippen LogP contribution < -0.4 is 20.9 Å². The molecule has 0 spiro atoms. The highest BCUT2D eigenvalue weighted by atomic mass is 32.1. The molecule has 11 heteroatoms. The monoisotopic (exact) mass is 556 g/mol. The first-order valence-electron chi connectivity index (χ1n) is 13.0. The van der Waals surface area contributed by atoms with Crippen LogP contribution in [0.25, 0.3) is 32.2 Å². The fraction of sp³-hybridized carbons (Fsp3) is 0.241. The highest BCUT2D eigenvalue weighted by Crippen LogP contribution is 2.31. The van der Waals surface area contributed by atoms with Gasteiger partial charge < -0.3 is 14.8 Å². The molecule has 6 rings (SSSR count). The summed E-state index contributed by atoms with van der Waals surface area (Å²) in [7, 11) is 1.59. The van der Waals surface area contributed by atoms with Crippen LogP contribution in [0, 0.1) is 0 Å². The molecule has 10 nitrogen and oxygen atoms in total. The molecular weight excluding hydrogens is 528 g/mol. The lowest BCUT2D eigenvalue weighted by molar-refractivity contribution is 0.0362. The third-order valence-electron chi connectivity index (χ3n) is 6.87. The first kappa shape index (κ1) is 25.9. The van der Waals surface area contributed by atoms with E-state index in [1.807, 2.05) is 36.4 Å². The molecule has 1 aliphatic rings. The van der Waals surface area contributed by atoms with Crippen LogP contribution >= 0.6 is 11.3 Å². The van der Waals surface area contributed by atoms with Gasteiger partial charge in [-0.2, -0.15) is 0 Å². The smallest absolute Gasteiger partial charge is 0.325 e. The number of rotatable bonds is 7. The standard InChI is InChI=1S/C29H28N6O4S/c1-38-22-6-4-21(5-7-22)31-28(37)33-29-32-25-17-20(3-9-26(25)40-29)19-2-8-24-23(16-19)27(36)35(18-30-24)11-10-34-12-14-39-15-13-34/h2-9,16-18H,10-15H2,1H3,(H2,31,32,33,37). The fourth-order valence-corrected chi connectivity index (χ4v) is 5.51. The lowest BCUT2D eigenvalue weighted by Crippen LogP contribution is -2.39. The van der Waals surface area contributed by atoms with Gasteiger partial charge in [0.25, 0.3) is 5.56 Å². The van der Waals surface area contributed by atoms with Gasteiger partial charge in [0, 0.05) is 31.9 Å². The van der Waals surface area contributed by atoms with Crippen molar-refractivity contribution in [1.29, 1.82) is 0 Å². The molecule has 0 aliphatic carbocycles. The zero-order chi connectivity index (χ0) is 27.5. The molecule has 0 saturated carbocycles. The predicted molar refractivity (Wildman–Crippen MR) is 158 cm³/mol. The predicted octanol–water partition coefficient (Wildman–Crippen LogP) is 4.66. The molecule has 1 aliphatic heterocycles. The Labute approximate surface area is 234 Å². The van der Waals surface area contributed by atoms with E-state index in [1.165, 1.54) is 11.3 Å². The quantitative estimate of drug-likeness (QED) is 0.300. The molecular formula is C29H28N6O4S. The van der Waals surface area contributed by atoms with Crippen LogP contribution in [0.4, 0.5) is 15.6 Å². The molecule has 2 amide bonds. The molecule has 2 aromatic heterocycles. The van der Waals surface area contributed by atoms with E-state index in [9.17, 15) is 9.59 Å². The van der Waals surface area contributed by atoms with Crippen LogP contribution in [-0.4, -0.2) is 65.4 Å². The minimum atomic E-state index is -0.378. The van der Waals surface area contributed by atoms with Gasteiger partial charge in [-0.15, -0.1) is 0 Å². The van der Waals surface area contributed by atoms with Gasteiger partial charge in [-0.3, -0.25) is 19.6 Å². The van der Waals surface area contributed by atoms with Gasteiger partial charge in [-0.1, -0.05) is 23.5 Å². The Kier molecular flexibility index (Phi) is 7.41. The van der Waals surface area contributed by atoms with Crippen molar-refractivity contribution in [2.75, 3.05) is 50.6 Å². The number of fused-ring (bicyclic) bond motifs is 2. The topological polar surface area (TPSA) is 111 Å². The molecule has 5 aromatic rings. The van der Waals surface area contributed by atoms with E-state index < -0.39 is 0 Å². The Balaban J connectivity index is 1.19. The molecule has 0 unspecified atom stereocenters. The van der Waals surface area contributed by atoms with E-state index in [4.69, 9.17) is 9.47 Å². The molecule has 0 atom stereocenters. The first-order valence-corrected chi connectivity index (χ1v) is 13.8. The van der Waals surface area contributed by atoms with Crippen molar-refractivity contribution >= 4 is 49.3 Å². The Bertz CT molecular complexity index is 1730. The minimum Gasteiger partial charge on any atom is -0.497 e. The Morgan fingerprint density at radius 3 is 2.55 bits per heavy atom. The lowest BCUT2D eigenvalue weighted by Gasteiger charge is -2.26. The zero-order valence-corrected chi connectivity index (χ0v) is 22.7. The van der Waals surface area contributed by atoms with Crippen molar-refractivity contribution in [1.82, 2.24) is 19.4 Å². The number of morpholine rings is 1. The molecule has 1 saturated heterocycles. The zero-order valence-electron chi connectivity index (χ0n) is 21.9. The van der Waals surface area contributed by atoms with E-state index in [-0.39, 0.29) is 11.6 Å². The number of carbonyl (C=O) groups excluding carboxylic acids is 1. The van der Waals surface area contributed by atoms with Gasteiger partial charge in [-0.25, -0.2) is 14.8 Å². The molecule has 3 heterocycles. The van der Waals surface area contributed by atoms with Gasteiger partial charge in [0.05, 0.1) is 47.8 Å². The Hall–Kier alpha value is -4.32. The van der Waals surface area contributed by atoms with Crippen LogP contribution in [0.15, 0.2) is 71.8 Å². The largest absolute Gasteiger partial charge is 0.497 e. The number of thiazole rings is 1. The summed E-state index contributed by atoms with van der Waals surface area (Å²) in [4.78, 5) is 37.2. The lowest BCUT2D eigenvalue weighted by atomic mass is 10.0. The maximum Gasteiger partial charge on any atom is 0.325 e. The molecule has 0 radical (unpaired) electrons. The number of methoxy groups -OCH3 is 1. The van der Waals surface area contributed by atoms with Crippen molar-refractivity contribution in [2.24, 2.45) is 0 Å². The second-order valence-corrected chi connectivity index (χ2v) is 10.5. The summed E-state index contributed by atoms with van der Waals surface area (Å²) < 4.78 is 13.2. The van der Waals surface area contributed by atoms with Crippen LogP contribution in [0.5, 0.6) is 5.75 Å². The van der Waals surface area contributed by atoms with Crippen molar-refractivity contribution < 1.29 is 14.3 Å². The molecule has 0 bridgehead atoms. The molecule has 204 valence electrons. The number of aromatic nitrogens is 3. The van der Waals surface area contributed by atoms with Gasteiger partial charge in [0.2, 0.25) is 0 Å². The van der Waals surface area contributed by atoms with E-state index in [1.54, 1.807) is 42.3 Å². The summed E-state index contributed by atoms with van der Waals surface area (Å²) in [6.07, 6.45) is 1.63. The number of amides is 2. The maximum absolute atomic E-state index is 13.3. The van der Waals surface area contributed by atoms with E-state index >= 15 is 0 Å². The van der Waals surface area contributed by atoms with Crippen molar-refractivity contribution in [3.8, 4) is 16.9 Å². The van der Waals surface area contributed by atoms with Crippen molar-refractivity contribution in [3.05, 3.63) is 77.3 Å². The van der Waals surface area contributed by atoms with Crippen molar-refractivity contribution in [3.63, 3.8) is 0 Å². The summed E-state index contributed by atoms with van der Waals surface area (Å²) in [5.74, 6) is 0.713. The summed E-state index contributed by atoms with van der Waals surface area (Å²) in [5, 5.41) is 6.67. The summed E-state index contributed by atoms with van der Waals surface area (Å²) in [5.41, 5.74) is 3.85. The van der Waals surface area contributed by atoms with Crippen LogP contribution in [0.3, 0.4) is 0 Å². The average molecular weight is 557 g/mol. The number of anilines is 2. The van der Waals surface area contributed by atoms with Crippen LogP contribution in [0.2, 0.25) is 0 Å². The Morgan fingerprint density at radius 1 is 0.975 bits per heavy atom. The summed E-state index contributed by atoms with van der Waals surface area (Å²) in [6, 6.07) is 18.4. The van der Waals surface area contributed by atoms with Crippen LogP contribution in [-0.2, 0) is 11.3 Å². The average Bonchev–Trinajstić information content (AvgIpc) is 3.39. The molecule has 40 heavy (non-hydrogen) atoms. The third kappa shape index (κ3) is 5.67.